The molecule has 0 aliphatic carbocycles. The van der Waals surface area contributed by atoms with E-state index in [4.69, 9.17) is 0 Å². The van der Waals surface area contributed by atoms with Gasteiger partial charge in [0.05, 0.1) is 16.1 Å². The zero-order chi connectivity index (χ0) is 17.3. The Morgan fingerprint density at radius 1 is 1.12 bits per heavy atom. The van der Waals surface area contributed by atoms with Crippen LogP contribution in [-0.2, 0) is 0 Å². The first-order valence-electron chi connectivity index (χ1n) is 7.47. The monoisotopic (exact) mass is 324 g/mol. The number of fused-ring (bicyclic) bond motifs is 1. The van der Waals surface area contributed by atoms with Crippen molar-refractivity contribution in [3.8, 4) is 5.88 Å². The molecule has 2 aromatic carbocycles. The van der Waals surface area contributed by atoms with Crippen molar-refractivity contribution in [1.82, 2.24) is 4.57 Å². The molecule has 0 spiro atoms. The number of hydrogen-bond donors (Lipinski definition) is 1. The summed E-state index contributed by atoms with van der Waals surface area (Å²) in [5.74, 6) is 0.0281. The van der Waals surface area contributed by atoms with Crippen molar-refractivity contribution in [2.24, 2.45) is 10.2 Å². The van der Waals surface area contributed by atoms with Crippen LogP contribution in [0, 0.1) is 10.1 Å². The van der Waals surface area contributed by atoms with Crippen molar-refractivity contribution in [3.63, 3.8) is 0 Å². The van der Waals surface area contributed by atoms with Gasteiger partial charge in [-0.1, -0.05) is 24.3 Å². The molecule has 0 unspecified atom stereocenters. The minimum atomic E-state index is -0.485. The van der Waals surface area contributed by atoms with Gasteiger partial charge in [0.25, 0.3) is 5.69 Å². The molecule has 122 valence electrons. The number of rotatable bonds is 4. The van der Waals surface area contributed by atoms with Gasteiger partial charge in [0.2, 0.25) is 5.88 Å². The Hall–Kier alpha value is -3.22. The molecule has 0 saturated heterocycles. The number of non-ortho nitro benzene ring substituents is 1. The van der Waals surface area contributed by atoms with E-state index in [1.54, 1.807) is 16.7 Å². The van der Waals surface area contributed by atoms with E-state index in [2.05, 4.69) is 10.2 Å². The van der Waals surface area contributed by atoms with E-state index in [0.29, 0.717) is 11.4 Å². The fourth-order valence-electron chi connectivity index (χ4n) is 2.63. The maximum atomic E-state index is 10.8. The second kappa shape index (κ2) is 6.11. The van der Waals surface area contributed by atoms with E-state index in [0.717, 1.165) is 10.9 Å². The van der Waals surface area contributed by atoms with Gasteiger partial charge in [0.15, 0.2) is 5.69 Å². The molecule has 7 nitrogen and oxygen atoms in total. The summed E-state index contributed by atoms with van der Waals surface area (Å²) in [5.41, 5.74) is 1.51. The number of azo groups is 1. The number of aromatic nitrogens is 1. The van der Waals surface area contributed by atoms with Crippen LogP contribution >= 0.6 is 0 Å². The summed E-state index contributed by atoms with van der Waals surface area (Å²) in [6, 6.07) is 13.5. The molecule has 0 fully saturated rings. The standard InChI is InChI=1S/C17H16N4O3/c1-11(2)20-15-9-4-3-8-14(15)16(17(20)22)19-18-12-6-5-7-13(10-12)21(23)24/h3-11,22H,1-2H3. The summed E-state index contributed by atoms with van der Waals surface area (Å²) in [6.07, 6.45) is 0. The first-order valence-corrected chi connectivity index (χ1v) is 7.47. The summed E-state index contributed by atoms with van der Waals surface area (Å²) in [4.78, 5) is 10.3. The third kappa shape index (κ3) is 2.71. The Bertz CT molecular complexity index is 944. The summed E-state index contributed by atoms with van der Waals surface area (Å²) < 4.78 is 1.77. The number of nitro groups is 1. The van der Waals surface area contributed by atoms with Crippen molar-refractivity contribution in [2.45, 2.75) is 19.9 Å². The van der Waals surface area contributed by atoms with Gasteiger partial charge in [-0.05, 0) is 26.0 Å². The molecule has 0 atom stereocenters. The van der Waals surface area contributed by atoms with E-state index >= 15 is 0 Å². The van der Waals surface area contributed by atoms with E-state index in [1.165, 1.54) is 12.1 Å². The topological polar surface area (TPSA) is 93.0 Å². The van der Waals surface area contributed by atoms with Gasteiger partial charge >= 0.3 is 0 Å². The number of hydrogen-bond acceptors (Lipinski definition) is 5. The lowest BCUT2D eigenvalue weighted by atomic mass is 10.2. The van der Waals surface area contributed by atoms with E-state index in [9.17, 15) is 15.2 Å². The van der Waals surface area contributed by atoms with Crippen molar-refractivity contribution in [3.05, 3.63) is 58.6 Å². The number of aromatic hydroxyl groups is 1. The minimum Gasteiger partial charge on any atom is -0.493 e. The van der Waals surface area contributed by atoms with Crippen LogP contribution < -0.4 is 0 Å². The summed E-state index contributed by atoms with van der Waals surface area (Å²) in [5, 5.41) is 30.3. The van der Waals surface area contributed by atoms with Crippen LogP contribution in [-0.4, -0.2) is 14.6 Å². The van der Waals surface area contributed by atoms with Gasteiger partial charge in [-0.15, -0.1) is 5.11 Å². The highest BCUT2D eigenvalue weighted by molar-refractivity contribution is 5.95. The number of benzene rings is 2. The fraction of sp³-hybridized carbons (Fsp3) is 0.176. The molecular weight excluding hydrogens is 308 g/mol. The second-order valence-corrected chi connectivity index (χ2v) is 5.63. The SMILES string of the molecule is CC(C)n1c(O)c(N=Nc2cccc([N+](=O)[O-])c2)c2ccccc21. The predicted molar refractivity (Wildman–Crippen MR) is 91.3 cm³/mol. The number of nitro benzene ring substituents is 1. The van der Waals surface area contributed by atoms with E-state index in [-0.39, 0.29) is 17.6 Å². The van der Waals surface area contributed by atoms with Crippen molar-refractivity contribution in [1.29, 1.82) is 0 Å². The van der Waals surface area contributed by atoms with Crippen LogP contribution in [0.1, 0.15) is 19.9 Å². The molecule has 0 aliphatic rings. The molecule has 3 aromatic rings. The zero-order valence-electron chi connectivity index (χ0n) is 13.2. The first-order chi connectivity index (χ1) is 11.5. The Balaban J connectivity index is 2.09. The maximum absolute atomic E-state index is 10.8. The highest BCUT2D eigenvalue weighted by atomic mass is 16.6. The molecule has 1 aromatic heterocycles. The quantitative estimate of drug-likeness (QED) is 0.403. The van der Waals surface area contributed by atoms with Crippen LogP contribution in [0.5, 0.6) is 5.88 Å². The normalized spacial score (nSPS) is 11.6. The molecule has 1 N–H and O–H groups in total. The van der Waals surface area contributed by atoms with Crippen LogP contribution in [0.3, 0.4) is 0 Å². The Morgan fingerprint density at radius 2 is 1.88 bits per heavy atom. The van der Waals surface area contributed by atoms with Gasteiger partial charge in [-0.2, -0.15) is 5.11 Å². The Morgan fingerprint density at radius 3 is 2.58 bits per heavy atom. The summed E-state index contributed by atoms with van der Waals surface area (Å²) >= 11 is 0. The highest BCUT2D eigenvalue weighted by Gasteiger charge is 2.18. The third-order valence-electron chi connectivity index (χ3n) is 3.68. The molecular formula is C17H16N4O3. The Labute approximate surface area is 138 Å². The van der Waals surface area contributed by atoms with Gasteiger partial charge < -0.3 is 9.67 Å². The second-order valence-electron chi connectivity index (χ2n) is 5.63. The molecule has 0 saturated carbocycles. The van der Waals surface area contributed by atoms with Gasteiger partial charge in [-0.25, -0.2) is 0 Å². The lowest BCUT2D eigenvalue weighted by molar-refractivity contribution is -0.384. The fourth-order valence-corrected chi connectivity index (χ4v) is 2.63. The molecule has 0 aliphatic heterocycles. The zero-order valence-corrected chi connectivity index (χ0v) is 13.2. The first kappa shape index (κ1) is 15.7. The smallest absolute Gasteiger partial charge is 0.271 e. The summed E-state index contributed by atoms with van der Waals surface area (Å²) in [7, 11) is 0. The lowest BCUT2D eigenvalue weighted by Gasteiger charge is -2.10. The summed E-state index contributed by atoms with van der Waals surface area (Å²) in [6.45, 7) is 3.93. The average molecular weight is 324 g/mol. The minimum absolute atomic E-state index is 0.0281. The maximum Gasteiger partial charge on any atom is 0.271 e. The van der Waals surface area contributed by atoms with E-state index in [1.807, 2.05) is 38.1 Å². The molecule has 1 heterocycles. The third-order valence-corrected chi connectivity index (χ3v) is 3.68. The average Bonchev–Trinajstić information content (AvgIpc) is 2.84. The van der Waals surface area contributed by atoms with Crippen molar-refractivity contribution < 1.29 is 10.0 Å². The van der Waals surface area contributed by atoms with E-state index < -0.39 is 4.92 Å². The Kier molecular flexibility index (Phi) is 3.99. The number of nitrogens with zero attached hydrogens (tertiary/aromatic N) is 4. The van der Waals surface area contributed by atoms with Gasteiger partial charge in [0, 0.05) is 23.6 Å². The molecule has 7 heteroatoms. The molecule has 0 bridgehead atoms. The van der Waals surface area contributed by atoms with Crippen LogP contribution in [0.2, 0.25) is 0 Å². The van der Waals surface area contributed by atoms with Crippen LogP contribution in [0.25, 0.3) is 10.9 Å². The largest absolute Gasteiger partial charge is 0.493 e. The predicted octanol–water partition coefficient (Wildman–Crippen LogP) is 5.25. The van der Waals surface area contributed by atoms with Gasteiger partial charge in [-0.3, -0.25) is 10.1 Å². The highest BCUT2D eigenvalue weighted by Crippen LogP contribution is 2.41. The molecule has 24 heavy (non-hydrogen) atoms. The van der Waals surface area contributed by atoms with Gasteiger partial charge in [0.1, 0.15) is 0 Å². The molecule has 0 amide bonds. The number of para-hydroxylation sites is 1. The lowest BCUT2D eigenvalue weighted by Crippen LogP contribution is -1.98. The van der Waals surface area contributed by atoms with Crippen molar-refractivity contribution in [2.75, 3.05) is 0 Å². The van der Waals surface area contributed by atoms with Crippen LogP contribution in [0.15, 0.2) is 58.8 Å². The van der Waals surface area contributed by atoms with Crippen LogP contribution in [0.4, 0.5) is 17.1 Å². The van der Waals surface area contributed by atoms with Crippen molar-refractivity contribution >= 4 is 28.0 Å². The molecule has 0 radical (unpaired) electrons. The molecule has 3 rings (SSSR count).